The van der Waals surface area contributed by atoms with Crippen LogP contribution >= 0.6 is 0 Å². The van der Waals surface area contributed by atoms with Crippen molar-refractivity contribution < 1.29 is 4.39 Å². The van der Waals surface area contributed by atoms with Gasteiger partial charge in [0.05, 0.1) is 6.04 Å². The molecule has 0 fully saturated rings. The molecule has 0 aliphatic carbocycles. The van der Waals surface area contributed by atoms with Gasteiger partial charge in [0.2, 0.25) is 0 Å². The van der Waals surface area contributed by atoms with E-state index in [0.29, 0.717) is 6.54 Å². The Kier molecular flexibility index (Phi) is 4.97. The fraction of sp³-hybridized carbons (Fsp3) is 0.333. The highest BCUT2D eigenvalue weighted by Gasteiger charge is 2.20. The highest BCUT2D eigenvalue weighted by molar-refractivity contribution is 5.50. The van der Waals surface area contributed by atoms with Gasteiger partial charge in [0.25, 0.3) is 0 Å². The average molecular weight is 286 g/mol. The van der Waals surface area contributed by atoms with Gasteiger partial charge in [-0.3, -0.25) is 0 Å². The van der Waals surface area contributed by atoms with Crippen molar-refractivity contribution in [2.45, 2.75) is 26.8 Å². The third-order valence-electron chi connectivity index (χ3n) is 3.89. The Labute approximate surface area is 126 Å². The molecular formula is C18H23FN2. The summed E-state index contributed by atoms with van der Waals surface area (Å²) in [7, 11) is 0. The van der Waals surface area contributed by atoms with E-state index in [-0.39, 0.29) is 11.9 Å². The second-order valence-corrected chi connectivity index (χ2v) is 5.37. The molecule has 0 aliphatic rings. The second kappa shape index (κ2) is 6.72. The van der Waals surface area contributed by atoms with Crippen molar-refractivity contribution in [2.24, 2.45) is 5.73 Å². The maximum absolute atomic E-state index is 13.1. The average Bonchev–Trinajstić information content (AvgIpc) is 2.49. The Hall–Kier alpha value is -1.87. The van der Waals surface area contributed by atoms with Gasteiger partial charge in [0, 0.05) is 18.8 Å². The molecule has 0 aliphatic heterocycles. The van der Waals surface area contributed by atoms with E-state index in [0.717, 1.165) is 12.2 Å². The van der Waals surface area contributed by atoms with Gasteiger partial charge in [0.15, 0.2) is 0 Å². The van der Waals surface area contributed by atoms with Gasteiger partial charge in [-0.2, -0.15) is 0 Å². The van der Waals surface area contributed by atoms with E-state index in [2.05, 4.69) is 43.9 Å². The fourth-order valence-electron chi connectivity index (χ4n) is 2.76. The number of hydrogen-bond donors (Lipinski definition) is 1. The minimum absolute atomic E-state index is 0.0976. The molecule has 2 rings (SSSR count). The predicted octanol–water partition coefficient (Wildman–Crippen LogP) is 3.97. The molecule has 3 heteroatoms. The predicted molar refractivity (Wildman–Crippen MR) is 87.1 cm³/mol. The number of halogens is 1. The summed E-state index contributed by atoms with van der Waals surface area (Å²) in [6.07, 6.45) is 0. The van der Waals surface area contributed by atoms with Gasteiger partial charge < -0.3 is 10.6 Å². The molecule has 2 aromatic carbocycles. The van der Waals surface area contributed by atoms with Crippen molar-refractivity contribution in [3.8, 4) is 0 Å². The molecule has 0 heterocycles. The van der Waals surface area contributed by atoms with Crippen LogP contribution in [0.3, 0.4) is 0 Å². The molecule has 0 aromatic heterocycles. The van der Waals surface area contributed by atoms with Crippen molar-refractivity contribution in [3.05, 3.63) is 65.0 Å². The largest absolute Gasteiger partial charge is 0.363 e. The van der Waals surface area contributed by atoms with Gasteiger partial charge in [-0.05, 0) is 56.2 Å². The first kappa shape index (κ1) is 15.5. The lowest BCUT2D eigenvalue weighted by Crippen LogP contribution is -2.34. The SMILES string of the molecule is CCN(c1ccc(F)cc1)C(CN)c1cc(C)ccc1C. The zero-order valence-electron chi connectivity index (χ0n) is 12.9. The summed E-state index contributed by atoms with van der Waals surface area (Å²) < 4.78 is 13.1. The lowest BCUT2D eigenvalue weighted by Gasteiger charge is -2.33. The molecule has 112 valence electrons. The van der Waals surface area contributed by atoms with Crippen molar-refractivity contribution in [2.75, 3.05) is 18.0 Å². The Bertz CT molecular complexity index is 593. The van der Waals surface area contributed by atoms with Crippen LogP contribution in [0.5, 0.6) is 0 Å². The minimum atomic E-state index is -0.217. The van der Waals surface area contributed by atoms with Crippen LogP contribution in [0.15, 0.2) is 42.5 Å². The van der Waals surface area contributed by atoms with Crippen LogP contribution in [0, 0.1) is 19.7 Å². The molecule has 0 saturated heterocycles. The normalized spacial score (nSPS) is 12.2. The Morgan fingerprint density at radius 1 is 1.10 bits per heavy atom. The van der Waals surface area contributed by atoms with E-state index in [1.807, 2.05) is 12.1 Å². The number of rotatable bonds is 5. The van der Waals surface area contributed by atoms with Gasteiger partial charge in [-0.25, -0.2) is 4.39 Å². The monoisotopic (exact) mass is 286 g/mol. The number of nitrogens with two attached hydrogens (primary N) is 1. The molecule has 0 saturated carbocycles. The third kappa shape index (κ3) is 3.42. The van der Waals surface area contributed by atoms with Gasteiger partial charge in [0.1, 0.15) is 5.82 Å². The topological polar surface area (TPSA) is 29.3 Å². The second-order valence-electron chi connectivity index (χ2n) is 5.37. The number of anilines is 1. The summed E-state index contributed by atoms with van der Waals surface area (Å²) in [6, 6.07) is 13.1. The third-order valence-corrected chi connectivity index (χ3v) is 3.89. The number of aryl methyl sites for hydroxylation is 2. The lowest BCUT2D eigenvalue weighted by molar-refractivity contribution is 0.621. The smallest absolute Gasteiger partial charge is 0.123 e. The van der Waals surface area contributed by atoms with Crippen LogP contribution in [0.4, 0.5) is 10.1 Å². The van der Waals surface area contributed by atoms with E-state index in [1.165, 1.54) is 28.8 Å². The zero-order valence-corrected chi connectivity index (χ0v) is 12.9. The number of nitrogens with zero attached hydrogens (tertiary/aromatic N) is 1. The van der Waals surface area contributed by atoms with E-state index in [1.54, 1.807) is 0 Å². The number of hydrogen-bond acceptors (Lipinski definition) is 2. The molecule has 0 amide bonds. The summed E-state index contributed by atoms with van der Waals surface area (Å²) in [5.74, 6) is -0.217. The molecule has 2 N–H and O–H groups in total. The fourth-order valence-corrected chi connectivity index (χ4v) is 2.76. The molecule has 1 unspecified atom stereocenters. The highest BCUT2D eigenvalue weighted by atomic mass is 19.1. The standard InChI is InChI=1S/C18H23FN2/c1-4-21(16-9-7-15(19)8-10-16)18(12-20)17-11-13(2)5-6-14(17)3/h5-11,18H,4,12,20H2,1-3H3. The van der Waals surface area contributed by atoms with Crippen molar-refractivity contribution in [3.63, 3.8) is 0 Å². The van der Waals surface area contributed by atoms with E-state index in [9.17, 15) is 4.39 Å². The summed E-state index contributed by atoms with van der Waals surface area (Å²) in [5, 5.41) is 0. The highest BCUT2D eigenvalue weighted by Crippen LogP contribution is 2.29. The quantitative estimate of drug-likeness (QED) is 0.901. The Morgan fingerprint density at radius 2 is 1.76 bits per heavy atom. The number of benzene rings is 2. The van der Waals surface area contributed by atoms with Crippen molar-refractivity contribution in [1.29, 1.82) is 0 Å². The Morgan fingerprint density at radius 3 is 2.33 bits per heavy atom. The molecule has 0 bridgehead atoms. The maximum atomic E-state index is 13.1. The zero-order chi connectivity index (χ0) is 15.4. The van der Waals surface area contributed by atoms with Crippen molar-refractivity contribution >= 4 is 5.69 Å². The summed E-state index contributed by atoms with van der Waals surface area (Å²) >= 11 is 0. The van der Waals surface area contributed by atoms with Crippen LogP contribution in [-0.4, -0.2) is 13.1 Å². The first-order chi connectivity index (χ1) is 10.1. The summed E-state index contributed by atoms with van der Waals surface area (Å²) in [6.45, 7) is 7.63. The van der Waals surface area contributed by atoms with Crippen LogP contribution < -0.4 is 10.6 Å². The van der Waals surface area contributed by atoms with Gasteiger partial charge >= 0.3 is 0 Å². The molecule has 2 nitrogen and oxygen atoms in total. The van der Waals surface area contributed by atoms with Crippen LogP contribution in [0.1, 0.15) is 29.7 Å². The summed E-state index contributed by atoms with van der Waals surface area (Å²) in [5.41, 5.74) is 10.7. The summed E-state index contributed by atoms with van der Waals surface area (Å²) in [4.78, 5) is 2.22. The van der Waals surface area contributed by atoms with Gasteiger partial charge in [-0.1, -0.05) is 23.8 Å². The molecular weight excluding hydrogens is 263 g/mol. The Balaban J connectivity index is 2.42. The molecule has 0 radical (unpaired) electrons. The molecule has 1 atom stereocenters. The van der Waals surface area contributed by atoms with E-state index < -0.39 is 0 Å². The molecule has 2 aromatic rings. The van der Waals surface area contributed by atoms with Crippen LogP contribution in [-0.2, 0) is 0 Å². The van der Waals surface area contributed by atoms with Crippen molar-refractivity contribution in [1.82, 2.24) is 0 Å². The van der Waals surface area contributed by atoms with E-state index in [4.69, 9.17) is 5.73 Å². The first-order valence-electron chi connectivity index (χ1n) is 7.36. The van der Waals surface area contributed by atoms with Crippen LogP contribution in [0.25, 0.3) is 0 Å². The van der Waals surface area contributed by atoms with E-state index >= 15 is 0 Å². The first-order valence-corrected chi connectivity index (χ1v) is 7.36. The van der Waals surface area contributed by atoms with Gasteiger partial charge in [-0.15, -0.1) is 0 Å². The number of likely N-dealkylation sites (N-methyl/N-ethyl adjacent to an activating group) is 1. The molecule has 0 spiro atoms. The van der Waals surface area contributed by atoms with Crippen LogP contribution in [0.2, 0.25) is 0 Å². The minimum Gasteiger partial charge on any atom is -0.363 e. The maximum Gasteiger partial charge on any atom is 0.123 e. The molecule has 21 heavy (non-hydrogen) atoms. The lowest BCUT2D eigenvalue weighted by atomic mass is 9.97.